The van der Waals surface area contributed by atoms with E-state index < -0.39 is 66.1 Å². The number of carbonyl (C=O) groups excluding carboxylic acids is 5. The number of amides is 5. The normalized spacial score (nSPS) is 17.3. The average Bonchev–Trinajstić information content (AvgIpc) is 3.31. The van der Waals surface area contributed by atoms with E-state index in [9.17, 15) is 39.0 Å². The van der Waals surface area contributed by atoms with E-state index in [2.05, 4.69) is 10.6 Å². The molecule has 0 saturated carbocycles. The molecule has 2 rings (SSSR count). The molecule has 1 aliphatic rings. The molecule has 1 aliphatic heterocycles. The van der Waals surface area contributed by atoms with Crippen LogP contribution >= 0.6 is 0 Å². The largest absolute Gasteiger partial charge is 0.508 e. The molecule has 1 aromatic rings. The van der Waals surface area contributed by atoms with Crippen LogP contribution in [0.25, 0.3) is 0 Å². The number of nitrogens with one attached hydrogen (secondary N) is 2. The van der Waals surface area contributed by atoms with Crippen molar-refractivity contribution >= 4 is 35.5 Å². The molecule has 1 aromatic carbocycles. The number of primary amides is 2. The molecule has 1 fully saturated rings. The third kappa shape index (κ3) is 8.75. The Kier molecular flexibility index (Phi) is 10.4. The first-order valence-corrected chi connectivity index (χ1v) is 11.6. The summed E-state index contributed by atoms with van der Waals surface area (Å²) >= 11 is 0. The van der Waals surface area contributed by atoms with Crippen molar-refractivity contribution in [2.45, 2.75) is 62.7 Å². The number of carboxylic acid groups (broad SMARTS) is 1. The third-order valence-corrected chi connectivity index (χ3v) is 5.88. The van der Waals surface area contributed by atoms with Crippen molar-refractivity contribution in [2.24, 2.45) is 17.2 Å². The van der Waals surface area contributed by atoms with Gasteiger partial charge in [0.25, 0.3) is 0 Å². The molecule has 0 unspecified atom stereocenters. The van der Waals surface area contributed by atoms with Gasteiger partial charge in [-0.15, -0.1) is 0 Å². The predicted molar refractivity (Wildman–Crippen MR) is 128 cm³/mol. The number of nitrogens with zero attached hydrogens (tertiary/aromatic N) is 1. The fourth-order valence-corrected chi connectivity index (χ4v) is 3.97. The van der Waals surface area contributed by atoms with Crippen LogP contribution in [0, 0.1) is 0 Å². The fourth-order valence-electron chi connectivity index (χ4n) is 3.97. The summed E-state index contributed by atoms with van der Waals surface area (Å²) < 4.78 is 0. The summed E-state index contributed by atoms with van der Waals surface area (Å²) in [5.74, 6) is -5.03. The number of hydrogen-bond donors (Lipinski definition) is 7. The molecule has 0 radical (unpaired) electrons. The summed E-state index contributed by atoms with van der Waals surface area (Å²) in [6.07, 6.45) is -0.253. The highest BCUT2D eigenvalue weighted by molar-refractivity contribution is 5.95. The molecular weight excluding hydrogens is 488 g/mol. The minimum atomic E-state index is -1.32. The van der Waals surface area contributed by atoms with E-state index in [-0.39, 0.29) is 38.0 Å². The van der Waals surface area contributed by atoms with Gasteiger partial charge in [-0.2, -0.15) is 0 Å². The van der Waals surface area contributed by atoms with Gasteiger partial charge in [0.2, 0.25) is 29.5 Å². The third-order valence-electron chi connectivity index (χ3n) is 5.88. The molecule has 202 valence electrons. The van der Waals surface area contributed by atoms with Crippen molar-refractivity contribution < 1.29 is 39.0 Å². The number of likely N-dealkylation sites (tertiary alicyclic amines) is 1. The lowest BCUT2D eigenvalue weighted by molar-refractivity contribution is -0.145. The van der Waals surface area contributed by atoms with Crippen molar-refractivity contribution in [1.29, 1.82) is 0 Å². The number of carbonyl (C=O) groups is 6. The lowest BCUT2D eigenvalue weighted by atomic mass is 10.0. The molecule has 0 bridgehead atoms. The molecule has 0 aliphatic carbocycles. The van der Waals surface area contributed by atoms with E-state index in [1.54, 1.807) is 0 Å². The van der Waals surface area contributed by atoms with Crippen molar-refractivity contribution in [3.8, 4) is 5.75 Å². The van der Waals surface area contributed by atoms with Crippen molar-refractivity contribution in [3.63, 3.8) is 0 Å². The first-order valence-electron chi connectivity index (χ1n) is 11.6. The summed E-state index contributed by atoms with van der Waals surface area (Å²) in [4.78, 5) is 74.1. The molecule has 1 saturated heterocycles. The second-order valence-corrected chi connectivity index (χ2v) is 8.80. The molecule has 14 nitrogen and oxygen atoms in total. The Hall–Kier alpha value is -4.20. The van der Waals surface area contributed by atoms with Gasteiger partial charge in [-0.25, -0.2) is 4.79 Å². The van der Waals surface area contributed by atoms with E-state index in [0.29, 0.717) is 12.0 Å². The van der Waals surface area contributed by atoms with Crippen molar-refractivity contribution in [2.75, 3.05) is 6.54 Å². The Bertz CT molecular complexity index is 1030. The summed E-state index contributed by atoms with van der Waals surface area (Å²) in [6.45, 7) is 0.156. The second kappa shape index (κ2) is 13.2. The number of phenolic OH excluding ortho intramolecular Hbond substituents is 1. The number of aliphatic carboxylic acids is 1. The molecular formula is C23H32N6O8. The Balaban J connectivity index is 2.14. The van der Waals surface area contributed by atoms with Gasteiger partial charge in [0.15, 0.2) is 0 Å². The van der Waals surface area contributed by atoms with Crippen LogP contribution in [0.1, 0.15) is 37.7 Å². The maximum Gasteiger partial charge on any atom is 0.326 e. The van der Waals surface area contributed by atoms with Crippen LogP contribution in [-0.4, -0.2) is 81.3 Å². The topological polar surface area (TPSA) is 248 Å². The number of nitrogens with two attached hydrogens (primary N) is 3. The summed E-state index contributed by atoms with van der Waals surface area (Å²) in [5.41, 5.74) is 16.4. The zero-order chi connectivity index (χ0) is 27.7. The molecule has 14 heteroatoms. The highest BCUT2D eigenvalue weighted by Crippen LogP contribution is 2.20. The van der Waals surface area contributed by atoms with Gasteiger partial charge in [0, 0.05) is 19.4 Å². The van der Waals surface area contributed by atoms with E-state index >= 15 is 0 Å². The standard InChI is InChI=1S/C23H32N6O8/c24-14(11-19(26)32)20(33)27-15(7-8-18(25)31)22(35)29-9-1-2-17(29)21(34)28-16(23(36)37)10-12-3-5-13(30)6-4-12/h3-6,14-17,30H,1-2,7-11,24H2,(H2,25,31)(H2,26,32)(H,27,33)(H,28,34)(H,36,37)/t14-,15-,16-,17-/m0/s1. The molecule has 0 spiro atoms. The summed E-state index contributed by atoms with van der Waals surface area (Å²) in [6, 6.07) is 0.936. The summed E-state index contributed by atoms with van der Waals surface area (Å²) in [5, 5.41) is 23.8. The highest BCUT2D eigenvalue weighted by Gasteiger charge is 2.39. The van der Waals surface area contributed by atoms with E-state index in [1.807, 2.05) is 0 Å². The zero-order valence-corrected chi connectivity index (χ0v) is 20.1. The van der Waals surface area contributed by atoms with E-state index in [4.69, 9.17) is 17.2 Å². The monoisotopic (exact) mass is 520 g/mol. The van der Waals surface area contributed by atoms with Crippen LogP contribution in [0.15, 0.2) is 24.3 Å². The smallest absolute Gasteiger partial charge is 0.326 e. The Labute approximate surface area is 212 Å². The number of benzene rings is 1. The van der Waals surface area contributed by atoms with Crippen LogP contribution in [-0.2, 0) is 35.2 Å². The minimum Gasteiger partial charge on any atom is -0.508 e. The number of aromatic hydroxyl groups is 1. The summed E-state index contributed by atoms with van der Waals surface area (Å²) in [7, 11) is 0. The molecule has 37 heavy (non-hydrogen) atoms. The first kappa shape index (κ1) is 29.0. The van der Waals surface area contributed by atoms with Crippen molar-refractivity contribution in [1.82, 2.24) is 15.5 Å². The van der Waals surface area contributed by atoms with Crippen LogP contribution in [0.3, 0.4) is 0 Å². The van der Waals surface area contributed by atoms with Crippen molar-refractivity contribution in [3.05, 3.63) is 29.8 Å². The van der Waals surface area contributed by atoms with Gasteiger partial charge in [-0.05, 0) is 37.0 Å². The van der Waals surface area contributed by atoms with E-state index in [0.717, 1.165) is 0 Å². The molecule has 0 aromatic heterocycles. The van der Waals surface area contributed by atoms with Crippen LogP contribution < -0.4 is 27.8 Å². The molecule has 10 N–H and O–H groups in total. The molecule has 5 amide bonds. The molecule has 1 heterocycles. The Morgan fingerprint density at radius 3 is 2.22 bits per heavy atom. The second-order valence-electron chi connectivity index (χ2n) is 8.80. The van der Waals surface area contributed by atoms with Gasteiger partial charge >= 0.3 is 5.97 Å². The van der Waals surface area contributed by atoms with Gasteiger partial charge in [-0.3, -0.25) is 24.0 Å². The van der Waals surface area contributed by atoms with Gasteiger partial charge in [0.1, 0.15) is 23.9 Å². The van der Waals surface area contributed by atoms with Gasteiger partial charge < -0.3 is 42.9 Å². The zero-order valence-electron chi connectivity index (χ0n) is 20.1. The van der Waals surface area contributed by atoms with Gasteiger partial charge in [0.05, 0.1) is 12.5 Å². The number of carboxylic acids is 1. The van der Waals surface area contributed by atoms with E-state index in [1.165, 1.54) is 29.2 Å². The maximum absolute atomic E-state index is 13.3. The van der Waals surface area contributed by atoms with Crippen LogP contribution in [0.4, 0.5) is 0 Å². The molecule has 4 atom stereocenters. The SMILES string of the molecule is NC(=O)CC[C@H](NC(=O)[C@@H](N)CC(N)=O)C(=O)N1CCC[C@H]1C(=O)N[C@@H](Cc1ccc(O)cc1)C(=O)O. The number of rotatable bonds is 13. The fraction of sp³-hybridized carbons (Fsp3) is 0.478. The quantitative estimate of drug-likeness (QED) is 0.144. The van der Waals surface area contributed by atoms with Crippen LogP contribution in [0.2, 0.25) is 0 Å². The van der Waals surface area contributed by atoms with Crippen LogP contribution in [0.5, 0.6) is 5.75 Å². The maximum atomic E-state index is 13.3. The Morgan fingerprint density at radius 2 is 1.65 bits per heavy atom. The minimum absolute atomic E-state index is 0.00772. The predicted octanol–water partition coefficient (Wildman–Crippen LogP) is -2.55. The van der Waals surface area contributed by atoms with Gasteiger partial charge in [-0.1, -0.05) is 12.1 Å². The average molecular weight is 521 g/mol. The number of hydrogen-bond acceptors (Lipinski definition) is 8. The lowest BCUT2D eigenvalue weighted by Gasteiger charge is -2.30. The number of phenols is 1. The highest BCUT2D eigenvalue weighted by atomic mass is 16.4. The lowest BCUT2D eigenvalue weighted by Crippen LogP contribution is -2.57. The Morgan fingerprint density at radius 1 is 1.00 bits per heavy atom. The first-order chi connectivity index (χ1) is 17.4.